The van der Waals surface area contributed by atoms with Crippen LogP contribution in [0, 0.1) is 6.92 Å². The maximum Gasteiger partial charge on any atom is 0.217 e. The number of aryl methyl sites for hydroxylation is 1. The van der Waals surface area contributed by atoms with E-state index in [4.69, 9.17) is 4.84 Å². The maximum atomic E-state index is 4.83. The van der Waals surface area contributed by atoms with Gasteiger partial charge in [0.25, 0.3) is 0 Å². The highest BCUT2D eigenvalue weighted by atomic mass is 32.1. The van der Waals surface area contributed by atoms with Crippen molar-refractivity contribution in [3.8, 4) is 0 Å². The minimum Gasteiger partial charge on any atom is -0.204 e. The summed E-state index contributed by atoms with van der Waals surface area (Å²) in [4.78, 5) is 6.14. The van der Waals surface area contributed by atoms with Crippen molar-refractivity contribution in [1.82, 2.24) is 0 Å². The van der Waals surface area contributed by atoms with E-state index in [1.807, 2.05) is 6.07 Å². The van der Waals surface area contributed by atoms with Crippen molar-refractivity contribution >= 4 is 16.3 Å². The van der Waals surface area contributed by atoms with Gasteiger partial charge < -0.3 is 0 Å². The third-order valence-corrected chi connectivity index (χ3v) is 1.92. The lowest BCUT2D eigenvalue weighted by Gasteiger charge is -1.86. The lowest BCUT2D eigenvalue weighted by atomic mass is 10.5. The van der Waals surface area contributed by atoms with Crippen LogP contribution in [0.3, 0.4) is 0 Å². The summed E-state index contributed by atoms with van der Waals surface area (Å²) in [7, 11) is 1.66. The van der Waals surface area contributed by atoms with Gasteiger partial charge >= 0.3 is 0 Å². The Kier molecular flexibility index (Phi) is 2.22. The van der Waals surface area contributed by atoms with Crippen LogP contribution in [0.25, 0.3) is 0 Å². The Hall–Kier alpha value is -0.380. The highest BCUT2D eigenvalue weighted by Gasteiger charge is 1.96. The van der Waals surface area contributed by atoms with Crippen LogP contribution in [0.1, 0.15) is 4.88 Å². The van der Waals surface area contributed by atoms with E-state index in [0.29, 0.717) is 0 Å². The highest BCUT2D eigenvalue weighted by molar-refractivity contribution is 7.15. The van der Waals surface area contributed by atoms with Crippen molar-refractivity contribution in [2.45, 2.75) is 6.92 Å². The Morgan fingerprint density at radius 3 is 2.78 bits per heavy atom. The molecule has 2 N–H and O–H groups in total. The van der Waals surface area contributed by atoms with Crippen molar-refractivity contribution in [3.63, 3.8) is 0 Å². The van der Waals surface area contributed by atoms with Crippen molar-refractivity contribution in [2.24, 2.45) is 0 Å². The molecular formula is C6H10NOS+. The third-order valence-electron chi connectivity index (χ3n) is 0.995. The van der Waals surface area contributed by atoms with Crippen LogP contribution in [0.15, 0.2) is 12.1 Å². The molecule has 0 amide bonds. The third kappa shape index (κ3) is 1.78. The van der Waals surface area contributed by atoms with Gasteiger partial charge in [-0.2, -0.15) is 5.48 Å². The standard InChI is InChI=1S/C6H9NOS/c1-5-3-4-6(9-5)7-8-2/h3-4,7H,1-2H3/p+1. The molecule has 0 aliphatic carbocycles. The van der Waals surface area contributed by atoms with E-state index in [9.17, 15) is 0 Å². The molecule has 1 heterocycles. The fraction of sp³-hybridized carbons (Fsp3) is 0.333. The Morgan fingerprint density at radius 2 is 2.33 bits per heavy atom. The fourth-order valence-electron chi connectivity index (χ4n) is 0.633. The zero-order valence-electron chi connectivity index (χ0n) is 5.55. The van der Waals surface area contributed by atoms with Gasteiger partial charge in [-0.1, -0.05) is 11.3 Å². The molecule has 0 saturated heterocycles. The minimum absolute atomic E-state index is 1.18. The summed E-state index contributed by atoms with van der Waals surface area (Å²) in [6, 6.07) is 4.12. The van der Waals surface area contributed by atoms with Gasteiger partial charge in [0.15, 0.2) is 0 Å². The van der Waals surface area contributed by atoms with Crippen LogP contribution < -0.4 is 5.48 Å². The van der Waals surface area contributed by atoms with E-state index in [-0.39, 0.29) is 0 Å². The van der Waals surface area contributed by atoms with Crippen LogP contribution in [0.2, 0.25) is 0 Å². The molecule has 1 aromatic rings. The zero-order chi connectivity index (χ0) is 6.69. The lowest BCUT2D eigenvalue weighted by Crippen LogP contribution is -2.75. The fourth-order valence-corrected chi connectivity index (χ4v) is 1.42. The molecule has 0 spiro atoms. The molecule has 0 radical (unpaired) electrons. The van der Waals surface area contributed by atoms with E-state index >= 15 is 0 Å². The first-order valence-corrected chi connectivity index (χ1v) is 3.57. The second kappa shape index (κ2) is 2.96. The average Bonchev–Trinajstić information content (AvgIpc) is 2.17. The summed E-state index contributed by atoms with van der Waals surface area (Å²) >= 11 is 1.73. The van der Waals surface area contributed by atoms with Crippen molar-refractivity contribution in [2.75, 3.05) is 7.11 Å². The summed E-state index contributed by atoms with van der Waals surface area (Å²) in [6.07, 6.45) is 0. The predicted molar refractivity (Wildman–Crippen MR) is 37.7 cm³/mol. The molecule has 9 heavy (non-hydrogen) atoms. The monoisotopic (exact) mass is 144 g/mol. The van der Waals surface area contributed by atoms with Crippen LogP contribution in [-0.2, 0) is 4.84 Å². The number of hydrogen-bond acceptors (Lipinski definition) is 2. The molecule has 0 saturated carbocycles. The van der Waals surface area contributed by atoms with E-state index < -0.39 is 0 Å². The van der Waals surface area contributed by atoms with Gasteiger partial charge in [-0.3, -0.25) is 0 Å². The quantitative estimate of drug-likeness (QED) is 0.611. The molecule has 1 aromatic heterocycles. The summed E-state index contributed by atoms with van der Waals surface area (Å²) < 4.78 is 0. The molecule has 0 unspecified atom stereocenters. The molecule has 3 heteroatoms. The molecule has 0 aliphatic heterocycles. The van der Waals surface area contributed by atoms with Gasteiger partial charge in [-0.25, -0.2) is 4.84 Å². The summed E-state index contributed by atoms with van der Waals surface area (Å²) in [6.45, 7) is 2.08. The molecule has 0 fully saturated rings. The van der Waals surface area contributed by atoms with Gasteiger partial charge in [0.2, 0.25) is 5.00 Å². The van der Waals surface area contributed by atoms with Gasteiger partial charge in [0.05, 0.1) is 7.11 Å². The molecule has 50 valence electrons. The summed E-state index contributed by atoms with van der Waals surface area (Å²) in [5.41, 5.74) is 1.75. The molecule has 0 bridgehead atoms. The van der Waals surface area contributed by atoms with Crippen LogP contribution in [-0.4, -0.2) is 7.11 Å². The summed E-state index contributed by atoms with van der Waals surface area (Å²) in [5, 5.41) is 1.18. The Morgan fingerprint density at radius 1 is 1.56 bits per heavy atom. The smallest absolute Gasteiger partial charge is 0.204 e. The molecule has 0 aliphatic rings. The topological polar surface area (TPSA) is 25.8 Å². The molecule has 0 atom stereocenters. The van der Waals surface area contributed by atoms with Gasteiger partial charge in [0, 0.05) is 10.9 Å². The first-order valence-electron chi connectivity index (χ1n) is 2.75. The number of nitrogens with two attached hydrogens (primary N) is 1. The van der Waals surface area contributed by atoms with Crippen molar-refractivity contribution in [1.29, 1.82) is 0 Å². The van der Waals surface area contributed by atoms with E-state index in [2.05, 4.69) is 13.0 Å². The zero-order valence-corrected chi connectivity index (χ0v) is 6.37. The highest BCUT2D eigenvalue weighted by Crippen LogP contribution is 2.14. The number of quaternary nitrogens is 1. The van der Waals surface area contributed by atoms with E-state index in [1.54, 1.807) is 23.9 Å². The second-order valence-electron chi connectivity index (χ2n) is 1.80. The van der Waals surface area contributed by atoms with E-state index in [1.165, 1.54) is 9.88 Å². The lowest BCUT2D eigenvalue weighted by molar-refractivity contribution is -0.827. The Bertz CT molecular complexity index is 185. The minimum atomic E-state index is 1.18. The average molecular weight is 144 g/mol. The SMILES string of the molecule is CO[NH2+]c1ccc(C)s1. The second-order valence-corrected chi connectivity index (χ2v) is 3.12. The van der Waals surface area contributed by atoms with Crippen LogP contribution in [0.5, 0.6) is 0 Å². The van der Waals surface area contributed by atoms with Crippen LogP contribution >= 0.6 is 11.3 Å². The summed E-state index contributed by atoms with van der Waals surface area (Å²) in [5.74, 6) is 0. The largest absolute Gasteiger partial charge is 0.217 e. The Labute approximate surface area is 58.4 Å². The van der Waals surface area contributed by atoms with Gasteiger partial charge in [-0.05, 0) is 13.0 Å². The maximum absolute atomic E-state index is 4.83. The van der Waals surface area contributed by atoms with Crippen LogP contribution in [0.4, 0.5) is 5.00 Å². The molecular weight excluding hydrogens is 134 g/mol. The molecule has 1 rings (SSSR count). The van der Waals surface area contributed by atoms with Crippen molar-refractivity contribution < 1.29 is 10.3 Å². The van der Waals surface area contributed by atoms with Gasteiger partial charge in [-0.15, -0.1) is 0 Å². The van der Waals surface area contributed by atoms with Gasteiger partial charge in [0.1, 0.15) is 0 Å². The normalized spacial score (nSPS) is 10.0. The molecule has 0 aromatic carbocycles. The number of hydrogen-bond donors (Lipinski definition) is 1. The Balaban J connectivity index is 2.61. The number of rotatable bonds is 2. The number of thiophene rings is 1. The van der Waals surface area contributed by atoms with E-state index in [0.717, 1.165) is 0 Å². The predicted octanol–water partition coefficient (Wildman–Crippen LogP) is 0.813. The first kappa shape index (κ1) is 6.74. The molecule has 2 nitrogen and oxygen atoms in total. The van der Waals surface area contributed by atoms with Crippen molar-refractivity contribution in [3.05, 3.63) is 17.0 Å². The first-order chi connectivity index (χ1) is 4.33.